The van der Waals surface area contributed by atoms with Crippen molar-refractivity contribution >= 4 is 16.3 Å². The molecule has 1 aliphatic heterocycles. The molecule has 1 aromatic heterocycles. The van der Waals surface area contributed by atoms with Gasteiger partial charge in [-0.15, -0.1) is 0 Å². The van der Waals surface area contributed by atoms with Gasteiger partial charge < -0.3 is 4.42 Å². The molecule has 0 amide bonds. The van der Waals surface area contributed by atoms with Gasteiger partial charge in [0.25, 0.3) is 0 Å². The highest BCUT2D eigenvalue weighted by Gasteiger charge is 2.23. The van der Waals surface area contributed by atoms with Crippen LogP contribution in [0.3, 0.4) is 0 Å². The van der Waals surface area contributed by atoms with E-state index in [4.69, 9.17) is 4.42 Å². The average molecular weight is 272 g/mol. The molecule has 0 aliphatic carbocycles. The highest BCUT2D eigenvalue weighted by Crippen LogP contribution is 2.12. The van der Waals surface area contributed by atoms with E-state index >= 15 is 0 Å². The summed E-state index contributed by atoms with van der Waals surface area (Å²) in [6, 6.07) is 3.40. The lowest BCUT2D eigenvalue weighted by Crippen LogP contribution is -2.47. The zero-order chi connectivity index (χ0) is 13.2. The number of piperazine rings is 1. The minimum atomic E-state index is -3.09. The quantitative estimate of drug-likeness (QED) is 0.731. The molecule has 1 aromatic rings. The molecule has 0 aromatic carbocycles. The molecule has 1 fully saturated rings. The van der Waals surface area contributed by atoms with Gasteiger partial charge in [-0.2, -0.15) is 4.31 Å². The van der Waals surface area contributed by atoms with Crippen LogP contribution in [0.5, 0.6) is 0 Å². The number of aldehydes is 1. The van der Waals surface area contributed by atoms with Crippen LogP contribution in [0.4, 0.5) is 0 Å². The Labute approximate surface area is 106 Å². The zero-order valence-corrected chi connectivity index (χ0v) is 11.0. The fourth-order valence-electron chi connectivity index (χ4n) is 1.98. The lowest BCUT2D eigenvalue weighted by molar-refractivity contribution is 0.109. The maximum atomic E-state index is 11.3. The third kappa shape index (κ3) is 3.18. The van der Waals surface area contributed by atoms with Crippen molar-refractivity contribution in [1.29, 1.82) is 0 Å². The van der Waals surface area contributed by atoms with Gasteiger partial charge in [0, 0.05) is 26.2 Å². The van der Waals surface area contributed by atoms with E-state index in [9.17, 15) is 13.2 Å². The molecule has 0 saturated carbocycles. The van der Waals surface area contributed by atoms with E-state index in [-0.39, 0.29) is 0 Å². The molecular weight excluding hydrogens is 256 g/mol. The van der Waals surface area contributed by atoms with Gasteiger partial charge in [-0.3, -0.25) is 9.69 Å². The Bertz CT molecular complexity index is 515. The van der Waals surface area contributed by atoms with Crippen LogP contribution in [0.1, 0.15) is 16.3 Å². The van der Waals surface area contributed by atoms with Crippen molar-refractivity contribution in [3.8, 4) is 0 Å². The van der Waals surface area contributed by atoms with Crippen molar-refractivity contribution in [2.24, 2.45) is 0 Å². The van der Waals surface area contributed by atoms with E-state index < -0.39 is 10.0 Å². The summed E-state index contributed by atoms with van der Waals surface area (Å²) in [5, 5.41) is 0. The fraction of sp³-hybridized carbons (Fsp3) is 0.545. The monoisotopic (exact) mass is 272 g/mol. The van der Waals surface area contributed by atoms with Gasteiger partial charge in [-0.05, 0) is 12.1 Å². The highest BCUT2D eigenvalue weighted by atomic mass is 32.2. The summed E-state index contributed by atoms with van der Waals surface area (Å²) < 4.78 is 29.4. The van der Waals surface area contributed by atoms with Crippen molar-refractivity contribution in [2.75, 3.05) is 32.4 Å². The first kappa shape index (κ1) is 13.3. The smallest absolute Gasteiger partial charge is 0.211 e. The van der Waals surface area contributed by atoms with E-state index in [2.05, 4.69) is 4.90 Å². The van der Waals surface area contributed by atoms with Gasteiger partial charge in [0.15, 0.2) is 12.0 Å². The Morgan fingerprint density at radius 3 is 2.44 bits per heavy atom. The van der Waals surface area contributed by atoms with Gasteiger partial charge in [0.2, 0.25) is 10.0 Å². The molecule has 18 heavy (non-hydrogen) atoms. The summed E-state index contributed by atoms with van der Waals surface area (Å²) in [6.07, 6.45) is 1.90. The summed E-state index contributed by atoms with van der Waals surface area (Å²) in [4.78, 5) is 12.6. The zero-order valence-electron chi connectivity index (χ0n) is 10.2. The first-order valence-electron chi connectivity index (χ1n) is 5.70. The number of carbonyl (C=O) groups excluding carboxylic acids is 1. The molecule has 6 nitrogen and oxygen atoms in total. The first-order chi connectivity index (χ1) is 8.49. The molecule has 0 bridgehead atoms. The van der Waals surface area contributed by atoms with E-state index in [0.717, 1.165) is 5.76 Å². The SMILES string of the molecule is CS(=O)(=O)N1CCN(Cc2ccc(C=O)o2)CC1. The van der Waals surface area contributed by atoms with Crippen LogP contribution in [0.25, 0.3) is 0 Å². The van der Waals surface area contributed by atoms with Crippen LogP contribution in [0, 0.1) is 0 Å². The lowest BCUT2D eigenvalue weighted by atomic mass is 10.3. The van der Waals surface area contributed by atoms with Gasteiger partial charge in [0.1, 0.15) is 5.76 Å². The van der Waals surface area contributed by atoms with Crippen LogP contribution in [0.15, 0.2) is 16.5 Å². The Balaban J connectivity index is 1.89. The van der Waals surface area contributed by atoms with Crippen LogP contribution < -0.4 is 0 Å². The predicted octanol–water partition coefficient (Wildman–Crippen LogP) is 0.169. The lowest BCUT2D eigenvalue weighted by Gasteiger charge is -2.32. The maximum absolute atomic E-state index is 11.3. The summed E-state index contributed by atoms with van der Waals surface area (Å²) in [6.45, 7) is 2.94. The normalized spacial score (nSPS) is 18.9. The first-order valence-corrected chi connectivity index (χ1v) is 7.55. The Morgan fingerprint density at radius 1 is 1.28 bits per heavy atom. The van der Waals surface area contributed by atoms with Gasteiger partial charge in [-0.1, -0.05) is 0 Å². The van der Waals surface area contributed by atoms with Crippen molar-refractivity contribution in [3.05, 3.63) is 23.7 Å². The molecule has 0 N–H and O–H groups in total. The van der Waals surface area contributed by atoms with E-state index in [0.29, 0.717) is 44.8 Å². The van der Waals surface area contributed by atoms with Crippen molar-refractivity contribution in [1.82, 2.24) is 9.21 Å². The third-order valence-corrected chi connectivity index (χ3v) is 4.28. The van der Waals surface area contributed by atoms with Crippen LogP contribution in [-0.2, 0) is 16.6 Å². The molecule has 0 radical (unpaired) electrons. The fourth-order valence-corrected chi connectivity index (χ4v) is 2.81. The van der Waals surface area contributed by atoms with Gasteiger partial charge >= 0.3 is 0 Å². The third-order valence-electron chi connectivity index (χ3n) is 2.98. The molecule has 1 saturated heterocycles. The van der Waals surface area contributed by atoms with Gasteiger partial charge in [0.05, 0.1) is 12.8 Å². The number of hydrogen-bond acceptors (Lipinski definition) is 5. The van der Waals surface area contributed by atoms with Crippen LogP contribution >= 0.6 is 0 Å². The second kappa shape index (κ2) is 5.21. The molecule has 2 rings (SSSR count). The summed E-state index contributed by atoms with van der Waals surface area (Å²) in [5.41, 5.74) is 0. The summed E-state index contributed by atoms with van der Waals surface area (Å²) in [7, 11) is -3.09. The molecular formula is C11H16N2O4S. The number of carbonyl (C=O) groups is 1. The van der Waals surface area contributed by atoms with E-state index in [1.54, 1.807) is 12.1 Å². The number of sulfonamides is 1. The minimum absolute atomic E-state index is 0.319. The van der Waals surface area contributed by atoms with Gasteiger partial charge in [-0.25, -0.2) is 8.42 Å². The Kier molecular flexibility index (Phi) is 3.84. The van der Waals surface area contributed by atoms with Crippen LogP contribution in [0.2, 0.25) is 0 Å². The second-order valence-corrected chi connectivity index (χ2v) is 6.34. The van der Waals surface area contributed by atoms with E-state index in [1.807, 2.05) is 0 Å². The molecule has 0 spiro atoms. The summed E-state index contributed by atoms with van der Waals surface area (Å²) in [5.74, 6) is 1.05. The molecule has 0 atom stereocenters. The molecule has 2 heterocycles. The molecule has 100 valence electrons. The predicted molar refractivity (Wildman–Crippen MR) is 65.8 cm³/mol. The van der Waals surface area contributed by atoms with Crippen molar-refractivity contribution < 1.29 is 17.6 Å². The number of nitrogens with zero attached hydrogens (tertiary/aromatic N) is 2. The standard InChI is InChI=1S/C11H16N2O4S/c1-18(15,16)13-6-4-12(5-7-13)8-10-2-3-11(9-14)17-10/h2-3,9H,4-8H2,1H3. The second-order valence-electron chi connectivity index (χ2n) is 4.36. The Hall–Kier alpha value is -1.18. The topological polar surface area (TPSA) is 70.8 Å². The van der Waals surface area contributed by atoms with Crippen molar-refractivity contribution in [3.63, 3.8) is 0 Å². The molecule has 7 heteroatoms. The number of furan rings is 1. The van der Waals surface area contributed by atoms with E-state index in [1.165, 1.54) is 10.6 Å². The van der Waals surface area contributed by atoms with Crippen LogP contribution in [-0.4, -0.2) is 56.3 Å². The number of rotatable bonds is 4. The molecule has 1 aliphatic rings. The maximum Gasteiger partial charge on any atom is 0.211 e. The van der Waals surface area contributed by atoms with Crippen molar-refractivity contribution in [2.45, 2.75) is 6.54 Å². The largest absolute Gasteiger partial charge is 0.457 e. The highest BCUT2D eigenvalue weighted by molar-refractivity contribution is 7.88. The minimum Gasteiger partial charge on any atom is -0.457 e. The number of hydrogen-bond donors (Lipinski definition) is 0. The Morgan fingerprint density at radius 2 is 1.94 bits per heavy atom. The summed E-state index contributed by atoms with van der Waals surface area (Å²) >= 11 is 0. The average Bonchev–Trinajstić information content (AvgIpc) is 2.76. The molecule has 0 unspecified atom stereocenters.